The molecule has 0 saturated heterocycles. The van der Waals surface area contributed by atoms with Crippen molar-refractivity contribution in [1.29, 1.82) is 0 Å². The topological polar surface area (TPSA) is 42.2 Å². The van der Waals surface area contributed by atoms with Crippen LogP contribution in [0.15, 0.2) is 16.7 Å². The first-order chi connectivity index (χ1) is 8.54. The fourth-order valence-corrected chi connectivity index (χ4v) is 3.11. The molecule has 2 rings (SSSR count). The van der Waals surface area contributed by atoms with Crippen molar-refractivity contribution in [2.75, 3.05) is 5.88 Å². The molecule has 0 radical (unpaired) electrons. The van der Waals surface area contributed by atoms with E-state index in [1.54, 1.807) is 6.07 Å². The van der Waals surface area contributed by atoms with Gasteiger partial charge in [-0.25, -0.2) is 0 Å². The molecule has 1 aromatic rings. The SMILES string of the molecule is Cc1cc(C(=O)NC2(CCl)CCCC(C)C2)co1. The van der Waals surface area contributed by atoms with Gasteiger partial charge in [-0.3, -0.25) is 4.79 Å². The van der Waals surface area contributed by atoms with E-state index in [0.717, 1.165) is 25.0 Å². The Morgan fingerprint density at radius 2 is 2.44 bits per heavy atom. The summed E-state index contributed by atoms with van der Waals surface area (Å²) in [6.45, 7) is 4.05. The molecule has 3 nitrogen and oxygen atoms in total. The second-order valence-electron chi connectivity index (χ2n) is 5.52. The van der Waals surface area contributed by atoms with Crippen LogP contribution in [-0.2, 0) is 0 Å². The summed E-state index contributed by atoms with van der Waals surface area (Å²) in [5, 5.41) is 3.11. The lowest BCUT2D eigenvalue weighted by Crippen LogP contribution is -2.52. The van der Waals surface area contributed by atoms with Gasteiger partial charge in [0.15, 0.2) is 0 Å². The van der Waals surface area contributed by atoms with Crippen LogP contribution in [0, 0.1) is 12.8 Å². The number of nitrogens with one attached hydrogen (secondary N) is 1. The highest BCUT2D eigenvalue weighted by atomic mass is 35.5. The molecular formula is C14H20ClNO2. The third kappa shape index (κ3) is 2.89. The maximum absolute atomic E-state index is 12.2. The Hall–Kier alpha value is -0.960. The number of aryl methyl sites for hydroxylation is 1. The molecule has 0 spiro atoms. The monoisotopic (exact) mass is 269 g/mol. The van der Waals surface area contributed by atoms with Crippen molar-refractivity contribution in [2.45, 2.75) is 45.1 Å². The number of carbonyl (C=O) groups is 1. The average molecular weight is 270 g/mol. The van der Waals surface area contributed by atoms with E-state index in [1.807, 2.05) is 6.92 Å². The standard InChI is InChI=1S/C14H20ClNO2/c1-10-4-3-5-14(7-10,9-15)16-13(17)12-6-11(2)18-8-12/h6,8,10H,3-5,7,9H2,1-2H3,(H,16,17). The van der Waals surface area contributed by atoms with Crippen molar-refractivity contribution in [1.82, 2.24) is 5.32 Å². The number of halogens is 1. The zero-order valence-electron chi connectivity index (χ0n) is 11.0. The normalized spacial score (nSPS) is 28.1. The summed E-state index contributed by atoms with van der Waals surface area (Å²) in [5.74, 6) is 1.75. The minimum Gasteiger partial charge on any atom is -0.469 e. The molecule has 100 valence electrons. The van der Waals surface area contributed by atoms with Gasteiger partial charge in [0.1, 0.15) is 12.0 Å². The van der Waals surface area contributed by atoms with Crippen molar-refractivity contribution < 1.29 is 9.21 Å². The number of amides is 1. The Labute approximate surface area is 113 Å². The van der Waals surface area contributed by atoms with Crippen LogP contribution in [0.25, 0.3) is 0 Å². The van der Waals surface area contributed by atoms with Crippen molar-refractivity contribution in [3.63, 3.8) is 0 Å². The lowest BCUT2D eigenvalue weighted by Gasteiger charge is -2.39. The van der Waals surface area contributed by atoms with Gasteiger partial charge in [0.2, 0.25) is 0 Å². The third-order valence-corrected chi connectivity index (χ3v) is 4.23. The second kappa shape index (κ2) is 5.35. The van der Waals surface area contributed by atoms with Crippen LogP contribution in [0.5, 0.6) is 0 Å². The number of hydrogen-bond donors (Lipinski definition) is 1. The van der Waals surface area contributed by atoms with Crippen LogP contribution in [-0.4, -0.2) is 17.3 Å². The van der Waals surface area contributed by atoms with E-state index in [4.69, 9.17) is 16.0 Å². The van der Waals surface area contributed by atoms with Gasteiger partial charge >= 0.3 is 0 Å². The molecule has 1 saturated carbocycles. The van der Waals surface area contributed by atoms with Crippen molar-refractivity contribution in [2.24, 2.45) is 5.92 Å². The van der Waals surface area contributed by atoms with Gasteiger partial charge in [-0.1, -0.05) is 19.8 Å². The first-order valence-electron chi connectivity index (χ1n) is 6.48. The van der Waals surface area contributed by atoms with Crippen LogP contribution in [0.1, 0.15) is 48.7 Å². The lowest BCUT2D eigenvalue weighted by atomic mass is 9.77. The first kappa shape index (κ1) is 13.5. The molecule has 1 amide bonds. The number of alkyl halides is 1. The van der Waals surface area contributed by atoms with Gasteiger partial charge in [-0.15, -0.1) is 11.6 Å². The summed E-state index contributed by atoms with van der Waals surface area (Å²) in [4.78, 5) is 12.2. The van der Waals surface area contributed by atoms with Crippen LogP contribution in [0.4, 0.5) is 0 Å². The van der Waals surface area contributed by atoms with Gasteiger partial charge in [-0.05, 0) is 31.7 Å². The van der Waals surface area contributed by atoms with Gasteiger partial charge in [0, 0.05) is 5.88 Å². The largest absolute Gasteiger partial charge is 0.469 e. The smallest absolute Gasteiger partial charge is 0.255 e. The molecule has 0 aliphatic heterocycles. The highest BCUT2D eigenvalue weighted by Gasteiger charge is 2.35. The van der Waals surface area contributed by atoms with E-state index in [1.165, 1.54) is 12.7 Å². The highest BCUT2D eigenvalue weighted by molar-refractivity contribution is 6.19. The summed E-state index contributed by atoms with van der Waals surface area (Å²) in [6, 6.07) is 1.75. The minimum absolute atomic E-state index is 0.0819. The molecule has 0 bridgehead atoms. The molecule has 1 aliphatic carbocycles. The molecule has 1 aromatic heterocycles. The molecule has 1 N–H and O–H groups in total. The van der Waals surface area contributed by atoms with Gasteiger partial charge in [-0.2, -0.15) is 0 Å². The quantitative estimate of drug-likeness (QED) is 0.854. The third-order valence-electron chi connectivity index (χ3n) is 3.72. The Morgan fingerprint density at radius 1 is 1.67 bits per heavy atom. The van der Waals surface area contributed by atoms with Crippen molar-refractivity contribution in [3.8, 4) is 0 Å². The van der Waals surface area contributed by atoms with Crippen molar-refractivity contribution in [3.05, 3.63) is 23.7 Å². The highest BCUT2D eigenvalue weighted by Crippen LogP contribution is 2.33. The predicted molar refractivity (Wildman–Crippen MR) is 72.0 cm³/mol. The van der Waals surface area contributed by atoms with Gasteiger partial charge in [0.25, 0.3) is 5.91 Å². The van der Waals surface area contributed by atoms with E-state index in [0.29, 0.717) is 17.4 Å². The Morgan fingerprint density at radius 3 is 3.00 bits per heavy atom. The summed E-state index contributed by atoms with van der Waals surface area (Å²) >= 11 is 6.10. The summed E-state index contributed by atoms with van der Waals surface area (Å²) in [7, 11) is 0. The van der Waals surface area contributed by atoms with Crippen LogP contribution in [0.3, 0.4) is 0 Å². The molecule has 18 heavy (non-hydrogen) atoms. The lowest BCUT2D eigenvalue weighted by molar-refractivity contribution is 0.0866. The van der Waals surface area contributed by atoms with E-state index in [9.17, 15) is 4.79 Å². The van der Waals surface area contributed by atoms with E-state index in [2.05, 4.69) is 12.2 Å². The van der Waals surface area contributed by atoms with Gasteiger partial charge in [0.05, 0.1) is 11.1 Å². The number of rotatable bonds is 3. The average Bonchev–Trinajstić information content (AvgIpc) is 2.76. The maximum Gasteiger partial charge on any atom is 0.255 e. The predicted octanol–water partition coefficient (Wildman–Crippen LogP) is 3.51. The molecule has 1 heterocycles. The second-order valence-corrected chi connectivity index (χ2v) is 5.78. The van der Waals surface area contributed by atoms with E-state index >= 15 is 0 Å². The Kier molecular flexibility index (Phi) is 4.00. The van der Waals surface area contributed by atoms with Crippen LogP contribution in [0.2, 0.25) is 0 Å². The van der Waals surface area contributed by atoms with E-state index < -0.39 is 0 Å². The molecule has 1 aliphatic rings. The van der Waals surface area contributed by atoms with Gasteiger partial charge < -0.3 is 9.73 Å². The fourth-order valence-electron chi connectivity index (χ4n) is 2.80. The Balaban J connectivity index is 2.08. The summed E-state index contributed by atoms with van der Waals surface area (Å²) < 4.78 is 5.17. The number of hydrogen-bond acceptors (Lipinski definition) is 2. The molecule has 1 fully saturated rings. The summed E-state index contributed by atoms with van der Waals surface area (Å²) in [5.41, 5.74) is 0.330. The zero-order valence-corrected chi connectivity index (χ0v) is 11.7. The molecule has 2 unspecified atom stereocenters. The molecule has 0 aromatic carbocycles. The first-order valence-corrected chi connectivity index (χ1v) is 7.02. The minimum atomic E-state index is -0.249. The zero-order chi connectivity index (χ0) is 13.2. The van der Waals surface area contributed by atoms with E-state index in [-0.39, 0.29) is 11.4 Å². The van der Waals surface area contributed by atoms with Crippen molar-refractivity contribution >= 4 is 17.5 Å². The van der Waals surface area contributed by atoms with Crippen LogP contribution < -0.4 is 5.32 Å². The molecular weight excluding hydrogens is 250 g/mol. The fraction of sp³-hybridized carbons (Fsp3) is 0.643. The molecule has 2 atom stereocenters. The Bertz CT molecular complexity index is 429. The number of carbonyl (C=O) groups excluding carboxylic acids is 1. The molecule has 4 heteroatoms. The summed E-state index contributed by atoms with van der Waals surface area (Å²) in [6.07, 6.45) is 5.76. The number of furan rings is 1. The maximum atomic E-state index is 12.2. The van der Waals surface area contributed by atoms with Crippen LogP contribution >= 0.6 is 11.6 Å².